The summed E-state index contributed by atoms with van der Waals surface area (Å²) in [5.74, 6) is -1.54. The van der Waals surface area contributed by atoms with Crippen LogP contribution in [0.3, 0.4) is 0 Å². The van der Waals surface area contributed by atoms with Gasteiger partial charge in [-0.3, -0.25) is 19.4 Å². The number of aliphatic imine (C=N–C) groups is 1. The summed E-state index contributed by atoms with van der Waals surface area (Å²) >= 11 is 0. The van der Waals surface area contributed by atoms with Crippen LogP contribution in [0.25, 0.3) is 10.9 Å². The Balaban J connectivity index is 1.30. The van der Waals surface area contributed by atoms with Crippen LogP contribution >= 0.6 is 0 Å². The van der Waals surface area contributed by atoms with Gasteiger partial charge in [0.15, 0.2) is 5.88 Å². The van der Waals surface area contributed by atoms with E-state index in [9.17, 15) is 19.8 Å². The molecule has 0 radical (unpaired) electrons. The number of carboxylic acids is 1. The largest absolute Gasteiger partial charge is 0.494 e. The van der Waals surface area contributed by atoms with E-state index in [1.807, 2.05) is 30.3 Å². The van der Waals surface area contributed by atoms with Crippen LogP contribution in [0.4, 0.5) is 5.69 Å². The number of carbonyl (C=O) groups excluding carboxylic acids is 1. The summed E-state index contributed by atoms with van der Waals surface area (Å²) in [5.41, 5.74) is 6.35. The first-order chi connectivity index (χ1) is 20.8. The van der Waals surface area contributed by atoms with Gasteiger partial charge in [-0.25, -0.2) is 15.3 Å². The fourth-order valence-corrected chi connectivity index (χ4v) is 5.21. The zero-order chi connectivity index (χ0) is 30.3. The van der Waals surface area contributed by atoms with E-state index in [-0.39, 0.29) is 24.0 Å². The minimum atomic E-state index is -1.05. The van der Waals surface area contributed by atoms with Gasteiger partial charge in [0.2, 0.25) is 0 Å². The molecule has 0 spiro atoms. The number of carboxylic acid groups (broad SMARTS) is 1. The number of fused-ring (bicyclic) bond motifs is 1. The van der Waals surface area contributed by atoms with E-state index in [1.165, 1.54) is 6.07 Å². The molecule has 1 saturated heterocycles. The number of amides is 1. The van der Waals surface area contributed by atoms with E-state index in [4.69, 9.17) is 14.9 Å². The third kappa shape index (κ3) is 7.09. The Morgan fingerprint density at radius 1 is 0.953 bits per heavy atom. The second-order valence-electron chi connectivity index (χ2n) is 10.4. The molecule has 0 bridgehead atoms. The zero-order valence-corrected chi connectivity index (χ0v) is 23.9. The quantitative estimate of drug-likeness (QED) is 0.102. The number of aromatic hydroxyl groups is 1. The number of H-pyrrole nitrogens is 1. The molecule has 0 saturated carbocycles. The van der Waals surface area contributed by atoms with E-state index >= 15 is 0 Å². The van der Waals surface area contributed by atoms with Crippen molar-refractivity contribution < 1.29 is 29.7 Å². The number of aromatic nitrogens is 1. The van der Waals surface area contributed by atoms with Crippen molar-refractivity contribution in [3.05, 3.63) is 94.5 Å². The van der Waals surface area contributed by atoms with Crippen LogP contribution in [0.15, 0.2) is 71.7 Å². The summed E-state index contributed by atoms with van der Waals surface area (Å²) in [6.45, 7) is 7.21. The van der Waals surface area contributed by atoms with Crippen molar-refractivity contribution >= 4 is 34.2 Å². The fourth-order valence-electron chi connectivity index (χ4n) is 5.21. The van der Waals surface area contributed by atoms with Gasteiger partial charge in [0.05, 0.1) is 35.7 Å². The highest BCUT2D eigenvalue weighted by atomic mass is 16.7. The average molecular weight is 586 g/mol. The predicted octanol–water partition coefficient (Wildman–Crippen LogP) is 3.32. The van der Waals surface area contributed by atoms with Crippen molar-refractivity contribution in [1.82, 2.24) is 20.3 Å². The number of carbonyl (C=O) groups is 2. The minimum Gasteiger partial charge on any atom is -0.494 e. The SMILES string of the molecule is Cc1cc2c(C(=Nc3ccc(C(=O)NOCCN4CCN(CCO)CC4)cc3)c3ccccc3)c(O)[nH]c2cc1C(=O)O. The Kier molecular flexibility index (Phi) is 9.48. The van der Waals surface area contributed by atoms with Crippen LogP contribution in [-0.2, 0) is 4.84 Å². The summed E-state index contributed by atoms with van der Waals surface area (Å²) in [6.07, 6.45) is 0. The summed E-state index contributed by atoms with van der Waals surface area (Å²) in [4.78, 5) is 42.0. The first-order valence-electron chi connectivity index (χ1n) is 14.1. The lowest BCUT2D eigenvalue weighted by Crippen LogP contribution is -2.48. The van der Waals surface area contributed by atoms with Crippen molar-refractivity contribution in [2.45, 2.75) is 6.92 Å². The molecule has 1 aliphatic rings. The Morgan fingerprint density at radius 2 is 1.63 bits per heavy atom. The Hall–Kier alpha value is -4.55. The predicted molar refractivity (Wildman–Crippen MR) is 163 cm³/mol. The molecule has 2 heterocycles. The second kappa shape index (κ2) is 13.6. The van der Waals surface area contributed by atoms with Crippen LogP contribution in [0.2, 0.25) is 0 Å². The lowest BCUT2D eigenvalue weighted by Gasteiger charge is -2.34. The van der Waals surface area contributed by atoms with E-state index in [0.29, 0.717) is 58.7 Å². The number of rotatable bonds is 11. The number of hydrogen-bond acceptors (Lipinski definition) is 8. The number of aryl methyl sites for hydroxylation is 1. The normalized spacial score (nSPS) is 14.7. The molecule has 5 N–H and O–H groups in total. The second-order valence-corrected chi connectivity index (χ2v) is 10.4. The summed E-state index contributed by atoms with van der Waals surface area (Å²) in [7, 11) is 0. The third-order valence-corrected chi connectivity index (χ3v) is 7.56. The fraction of sp³-hybridized carbons (Fsp3) is 0.281. The molecule has 224 valence electrons. The molecule has 1 aliphatic heterocycles. The molecule has 5 rings (SSSR count). The lowest BCUT2D eigenvalue weighted by molar-refractivity contribution is 0.0157. The Bertz CT molecular complexity index is 1610. The molecular formula is C32H35N5O6. The van der Waals surface area contributed by atoms with Crippen molar-refractivity contribution in [3.63, 3.8) is 0 Å². The van der Waals surface area contributed by atoms with Crippen LogP contribution in [0, 0.1) is 6.92 Å². The topological polar surface area (TPSA) is 151 Å². The maximum atomic E-state index is 12.7. The van der Waals surface area contributed by atoms with E-state index in [1.54, 1.807) is 37.3 Å². The molecule has 0 atom stereocenters. The molecule has 3 aromatic carbocycles. The highest BCUT2D eigenvalue weighted by molar-refractivity contribution is 6.22. The molecule has 43 heavy (non-hydrogen) atoms. The number of hydroxylamine groups is 1. The number of nitrogens with zero attached hydrogens (tertiary/aromatic N) is 3. The standard InChI is InChI=1S/C32H35N5O6/c1-21-19-26-27(20-25(21)32(41)42)34-31(40)28(26)29(22-5-3-2-4-6-22)33-24-9-7-23(8-10-24)30(39)35-43-18-16-37-13-11-36(12-14-37)15-17-38/h2-10,19-20,34,38,40H,11-18H2,1H3,(H,35,39)(H,41,42). The maximum Gasteiger partial charge on any atom is 0.336 e. The summed E-state index contributed by atoms with van der Waals surface area (Å²) in [5, 5.41) is 30.2. The first-order valence-corrected chi connectivity index (χ1v) is 14.1. The van der Waals surface area contributed by atoms with Gasteiger partial charge < -0.3 is 20.3 Å². The first kappa shape index (κ1) is 29.9. The van der Waals surface area contributed by atoms with Crippen molar-refractivity contribution in [1.29, 1.82) is 0 Å². The highest BCUT2D eigenvalue weighted by Crippen LogP contribution is 2.33. The van der Waals surface area contributed by atoms with Gasteiger partial charge in [0.1, 0.15) is 0 Å². The van der Waals surface area contributed by atoms with Crippen LogP contribution in [0.1, 0.15) is 37.4 Å². The van der Waals surface area contributed by atoms with Crippen molar-refractivity contribution in [3.8, 4) is 5.88 Å². The number of β-amino-alcohol motifs (C(OH)–C–C–N with tert-alkyl or cyclic N) is 1. The number of benzene rings is 3. The summed E-state index contributed by atoms with van der Waals surface area (Å²) in [6, 6.07) is 19.3. The molecule has 11 nitrogen and oxygen atoms in total. The van der Waals surface area contributed by atoms with Crippen LogP contribution < -0.4 is 5.48 Å². The molecule has 0 unspecified atom stereocenters. The van der Waals surface area contributed by atoms with E-state index in [0.717, 1.165) is 31.7 Å². The number of aromatic carboxylic acids is 1. The summed E-state index contributed by atoms with van der Waals surface area (Å²) < 4.78 is 0. The zero-order valence-electron chi connectivity index (χ0n) is 23.9. The van der Waals surface area contributed by atoms with Gasteiger partial charge in [0, 0.05) is 61.3 Å². The van der Waals surface area contributed by atoms with Gasteiger partial charge >= 0.3 is 5.97 Å². The van der Waals surface area contributed by atoms with Crippen molar-refractivity contribution in [2.75, 3.05) is 52.5 Å². The van der Waals surface area contributed by atoms with Gasteiger partial charge in [-0.1, -0.05) is 30.3 Å². The number of piperazine rings is 1. The van der Waals surface area contributed by atoms with E-state index < -0.39 is 5.97 Å². The van der Waals surface area contributed by atoms with Gasteiger partial charge in [-0.2, -0.15) is 0 Å². The number of hydrogen-bond donors (Lipinski definition) is 5. The smallest absolute Gasteiger partial charge is 0.336 e. The highest BCUT2D eigenvalue weighted by Gasteiger charge is 2.21. The number of aromatic amines is 1. The van der Waals surface area contributed by atoms with E-state index in [2.05, 4.69) is 20.3 Å². The molecule has 0 aliphatic carbocycles. The maximum absolute atomic E-state index is 12.7. The molecule has 4 aromatic rings. The van der Waals surface area contributed by atoms with Crippen molar-refractivity contribution in [2.24, 2.45) is 4.99 Å². The Labute approximate surface area is 249 Å². The number of aliphatic hydroxyl groups excluding tert-OH is 1. The Morgan fingerprint density at radius 3 is 2.28 bits per heavy atom. The average Bonchev–Trinajstić information content (AvgIpc) is 3.33. The molecular weight excluding hydrogens is 550 g/mol. The molecule has 1 amide bonds. The van der Waals surface area contributed by atoms with Gasteiger partial charge in [-0.15, -0.1) is 0 Å². The number of aliphatic hydroxyl groups is 1. The third-order valence-electron chi connectivity index (χ3n) is 7.56. The molecule has 11 heteroatoms. The molecule has 1 fully saturated rings. The molecule has 1 aromatic heterocycles. The van der Waals surface area contributed by atoms with Gasteiger partial charge in [-0.05, 0) is 48.9 Å². The monoisotopic (exact) mass is 585 g/mol. The van der Waals surface area contributed by atoms with Gasteiger partial charge in [0.25, 0.3) is 5.91 Å². The minimum absolute atomic E-state index is 0.125. The lowest BCUT2D eigenvalue weighted by atomic mass is 9.98. The van der Waals surface area contributed by atoms with Crippen LogP contribution in [-0.4, -0.2) is 100 Å². The number of nitrogens with one attached hydrogen (secondary N) is 2. The van der Waals surface area contributed by atoms with Crippen LogP contribution in [0.5, 0.6) is 5.88 Å².